The third-order valence-electron chi connectivity index (χ3n) is 5.10. The third kappa shape index (κ3) is 3.89. The smallest absolute Gasteiger partial charge is 0.135 e. The van der Waals surface area contributed by atoms with Gasteiger partial charge in [0.25, 0.3) is 0 Å². The van der Waals surface area contributed by atoms with Crippen LogP contribution in [0.4, 0.5) is 0 Å². The van der Waals surface area contributed by atoms with E-state index in [-0.39, 0.29) is 5.76 Å². The second kappa shape index (κ2) is 8.59. The molecule has 0 bridgehead atoms. The highest BCUT2D eigenvalue weighted by Crippen LogP contribution is 2.37. The molecular weight excluding hydrogens is 398 g/mol. The van der Waals surface area contributed by atoms with Crippen LogP contribution < -0.4 is 9.47 Å². The summed E-state index contributed by atoms with van der Waals surface area (Å²) in [5.74, 6) is 1.90. The standard InChI is InChI=1S/C23H23N3O3S/c1-28-16-8-9-20(29-2)17(12-16)18-14-30-23(25-18)21-19(27)13-26(22(21)24)11-10-15-6-4-3-5-7-15/h3-9,12,14,24,27H,10-11,13H2,1-2H3. The summed E-state index contributed by atoms with van der Waals surface area (Å²) < 4.78 is 10.8. The minimum Gasteiger partial charge on any atom is -0.510 e. The van der Waals surface area contributed by atoms with Gasteiger partial charge in [-0.2, -0.15) is 0 Å². The summed E-state index contributed by atoms with van der Waals surface area (Å²) in [5.41, 5.74) is 3.24. The number of methoxy groups -OCH3 is 2. The van der Waals surface area contributed by atoms with Gasteiger partial charge in [0.2, 0.25) is 0 Å². The Labute approximate surface area is 179 Å². The molecule has 2 heterocycles. The Morgan fingerprint density at radius 1 is 1.13 bits per heavy atom. The highest BCUT2D eigenvalue weighted by molar-refractivity contribution is 7.11. The van der Waals surface area contributed by atoms with Gasteiger partial charge in [0.1, 0.15) is 28.1 Å². The quantitative estimate of drug-likeness (QED) is 0.581. The molecule has 0 radical (unpaired) electrons. The highest BCUT2D eigenvalue weighted by atomic mass is 32.1. The molecule has 30 heavy (non-hydrogen) atoms. The van der Waals surface area contributed by atoms with Crippen LogP contribution in [0.2, 0.25) is 0 Å². The van der Waals surface area contributed by atoms with Gasteiger partial charge < -0.3 is 19.5 Å². The van der Waals surface area contributed by atoms with Gasteiger partial charge in [-0.05, 0) is 30.2 Å². The van der Waals surface area contributed by atoms with E-state index in [2.05, 4.69) is 12.1 Å². The van der Waals surface area contributed by atoms with E-state index in [4.69, 9.17) is 19.9 Å². The molecule has 1 aliphatic rings. The van der Waals surface area contributed by atoms with Crippen molar-refractivity contribution in [2.24, 2.45) is 0 Å². The Balaban J connectivity index is 1.55. The van der Waals surface area contributed by atoms with Crippen LogP contribution in [0, 0.1) is 5.41 Å². The molecule has 0 amide bonds. The van der Waals surface area contributed by atoms with Gasteiger partial charge in [-0.15, -0.1) is 11.3 Å². The molecule has 154 valence electrons. The minimum absolute atomic E-state index is 0.187. The lowest BCUT2D eigenvalue weighted by molar-refractivity contribution is 0.351. The first-order chi connectivity index (χ1) is 14.6. The molecule has 0 saturated heterocycles. The number of benzene rings is 2. The van der Waals surface area contributed by atoms with E-state index in [0.29, 0.717) is 41.0 Å². The van der Waals surface area contributed by atoms with E-state index in [0.717, 1.165) is 17.7 Å². The molecule has 3 aromatic rings. The van der Waals surface area contributed by atoms with Crippen molar-refractivity contribution in [3.63, 3.8) is 0 Å². The van der Waals surface area contributed by atoms with Crippen molar-refractivity contribution in [3.05, 3.63) is 70.2 Å². The fourth-order valence-electron chi connectivity index (χ4n) is 3.48. The van der Waals surface area contributed by atoms with Gasteiger partial charge in [0, 0.05) is 17.5 Å². The lowest BCUT2D eigenvalue weighted by Gasteiger charge is -2.18. The topological polar surface area (TPSA) is 78.7 Å². The largest absolute Gasteiger partial charge is 0.510 e. The van der Waals surface area contributed by atoms with Crippen LogP contribution in [-0.2, 0) is 6.42 Å². The van der Waals surface area contributed by atoms with Crippen LogP contribution in [0.5, 0.6) is 11.5 Å². The number of hydrogen-bond donors (Lipinski definition) is 2. The summed E-state index contributed by atoms with van der Waals surface area (Å²) in [6, 6.07) is 15.7. The summed E-state index contributed by atoms with van der Waals surface area (Å²) >= 11 is 1.41. The average molecular weight is 422 g/mol. The monoisotopic (exact) mass is 421 g/mol. The van der Waals surface area contributed by atoms with E-state index in [1.54, 1.807) is 14.2 Å². The average Bonchev–Trinajstić information content (AvgIpc) is 3.36. The van der Waals surface area contributed by atoms with E-state index in [1.165, 1.54) is 16.9 Å². The van der Waals surface area contributed by atoms with Gasteiger partial charge in [-0.25, -0.2) is 4.98 Å². The van der Waals surface area contributed by atoms with Gasteiger partial charge in [-0.3, -0.25) is 5.41 Å². The molecule has 0 fully saturated rings. The molecule has 2 aromatic carbocycles. The van der Waals surface area contributed by atoms with Crippen LogP contribution >= 0.6 is 11.3 Å². The van der Waals surface area contributed by atoms with Gasteiger partial charge in [0.15, 0.2) is 0 Å². The number of rotatable bonds is 7. The number of amidine groups is 1. The van der Waals surface area contributed by atoms with E-state index >= 15 is 0 Å². The number of ether oxygens (including phenoxy) is 2. The summed E-state index contributed by atoms with van der Waals surface area (Å²) in [7, 11) is 3.23. The zero-order valence-electron chi connectivity index (χ0n) is 16.9. The number of thiazole rings is 1. The Morgan fingerprint density at radius 3 is 2.67 bits per heavy atom. The Morgan fingerprint density at radius 2 is 1.93 bits per heavy atom. The van der Waals surface area contributed by atoms with Gasteiger partial charge >= 0.3 is 0 Å². The summed E-state index contributed by atoms with van der Waals surface area (Å²) in [5, 5.41) is 21.7. The van der Waals surface area contributed by atoms with Gasteiger partial charge in [-0.1, -0.05) is 30.3 Å². The Hall–Kier alpha value is -3.32. The first kappa shape index (κ1) is 20.0. The van der Waals surface area contributed by atoms with Crippen molar-refractivity contribution in [1.29, 1.82) is 5.41 Å². The fourth-order valence-corrected chi connectivity index (χ4v) is 4.37. The molecule has 1 aromatic heterocycles. The predicted molar refractivity (Wildman–Crippen MR) is 120 cm³/mol. The minimum atomic E-state index is 0.187. The maximum Gasteiger partial charge on any atom is 0.135 e. The van der Waals surface area contributed by atoms with E-state index in [9.17, 15) is 5.11 Å². The molecule has 0 unspecified atom stereocenters. The SMILES string of the molecule is COc1ccc(OC)c(-c2csc(C3=C(O)CN(CCc4ccccc4)C3=N)n2)c1. The second-order valence-corrected chi connectivity index (χ2v) is 7.79. The van der Waals surface area contributed by atoms with Crippen LogP contribution in [0.15, 0.2) is 59.7 Å². The first-order valence-electron chi connectivity index (χ1n) is 9.59. The predicted octanol–water partition coefficient (Wildman–Crippen LogP) is 4.63. The van der Waals surface area contributed by atoms with Gasteiger partial charge in [0.05, 0.1) is 32.0 Å². The van der Waals surface area contributed by atoms with Crippen LogP contribution in [-0.4, -0.2) is 48.1 Å². The summed E-state index contributed by atoms with van der Waals surface area (Å²) in [6.45, 7) is 0.997. The number of aliphatic hydroxyl groups excluding tert-OH is 1. The summed E-state index contributed by atoms with van der Waals surface area (Å²) in [6.07, 6.45) is 0.813. The number of nitrogens with zero attached hydrogens (tertiary/aromatic N) is 2. The molecule has 0 aliphatic carbocycles. The molecule has 1 aliphatic heterocycles. The number of nitrogens with one attached hydrogen (secondary N) is 1. The summed E-state index contributed by atoms with van der Waals surface area (Å²) in [4.78, 5) is 6.58. The van der Waals surface area contributed by atoms with Crippen LogP contribution in [0.25, 0.3) is 16.8 Å². The Bertz CT molecular complexity index is 1090. The van der Waals surface area contributed by atoms with E-state index < -0.39 is 0 Å². The normalized spacial score (nSPS) is 13.8. The van der Waals surface area contributed by atoms with E-state index in [1.807, 2.05) is 46.7 Å². The maximum atomic E-state index is 10.6. The number of aromatic nitrogens is 1. The lowest BCUT2D eigenvalue weighted by atomic mass is 10.1. The van der Waals surface area contributed by atoms with Crippen LogP contribution in [0.1, 0.15) is 10.6 Å². The second-order valence-electron chi connectivity index (χ2n) is 6.93. The fraction of sp³-hybridized carbons (Fsp3) is 0.217. The molecule has 2 N–H and O–H groups in total. The molecular formula is C23H23N3O3S. The highest BCUT2D eigenvalue weighted by Gasteiger charge is 2.30. The number of aliphatic hydroxyl groups is 1. The van der Waals surface area contributed by atoms with Crippen molar-refractivity contribution < 1.29 is 14.6 Å². The molecule has 4 rings (SSSR count). The zero-order chi connectivity index (χ0) is 21.1. The molecule has 6 nitrogen and oxygen atoms in total. The van der Waals surface area contributed by atoms with Crippen LogP contribution in [0.3, 0.4) is 0 Å². The maximum absolute atomic E-state index is 10.6. The van der Waals surface area contributed by atoms with Crippen molar-refractivity contribution in [3.8, 4) is 22.8 Å². The van der Waals surface area contributed by atoms with Crippen molar-refractivity contribution in [2.75, 3.05) is 27.3 Å². The molecule has 0 atom stereocenters. The Kier molecular flexibility index (Phi) is 5.72. The van der Waals surface area contributed by atoms with Crippen molar-refractivity contribution in [1.82, 2.24) is 9.88 Å². The molecule has 0 saturated carbocycles. The molecule has 7 heteroatoms. The molecule has 0 spiro atoms. The third-order valence-corrected chi connectivity index (χ3v) is 5.96. The lowest BCUT2D eigenvalue weighted by Crippen LogP contribution is -2.28. The van der Waals surface area contributed by atoms with Crippen molar-refractivity contribution >= 4 is 22.7 Å². The number of hydrogen-bond acceptors (Lipinski definition) is 6. The van der Waals surface area contributed by atoms with Crippen molar-refractivity contribution in [2.45, 2.75) is 6.42 Å². The zero-order valence-corrected chi connectivity index (χ0v) is 17.7. The first-order valence-corrected chi connectivity index (χ1v) is 10.5.